The van der Waals surface area contributed by atoms with E-state index >= 15 is 0 Å². The Morgan fingerprint density at radius 2 is 2.00 bits per heavy atom. The van der Waals surface area contributed by atoms with E-state index in [0.717, 1.165) is 22.4 Å². The molecular formula is C17H16N4O3S. The molecule has 7 nitrogen and oxygen atoms in total. The number of benzene rings is 1. The van der Waals surface area contributed by atoms with Crippen LogP contribution in [0.4, 0.5) is 11.4 Å². The predicted molar refractivity (Wildman–Crippen MR) is 96.2 cm³/mol. The van der Waals surface area contributed by atoms with E-state index in [0.29, 0.717) is 11.4 Å². The summed E-state index contributed by atoms with van der Waals surface area (Å²) in [4.78, 5) is 23.2. The number of carbonyl (C=O) groups excluding carboxylic acids is 1. The smallest absolute Gasteiger partial charge is 0.307 e. The molecule has 0 saturated heterocycles. The zero-order valence-corrected chi connectivity index (χ0v) is 14.5. The number of carbonyl (C=O) groups is 1. The average molecular weight is 356 g/mol. The molecule has 1 aromatic carbocycles. The number of aromatic nitrogens is 2. The Labute approximate surface area is 148 Å². The summed E-state index contributed by atoms with van der Waals surface area (Å²) in [5.41, 5.74) is 3.75. The lowest BCUT2D eigenvalue weighted by atomic mass is 10.1. The summed E-state index contributed by atoms with van der Waals surface area (Å²) >= 11 is 1.33. The SMILES string of the molecule is Cc1cc(C)cc(NC(=O)c2cc(Cn3cc([N+](=O)[O-])cn3)cs2)c1. The van der Waals surface area contributed by atoms with Gasteiger partial charge in [0.25, 0.3) is 5.91 Å². The molecule has 1 N–H and O–H groups in total. The van der Waals surface area contributed by atoms with E-state index in [1.807, 2.05) is 37.4 Å². The van der Waals surface area contributed by atoms with Gasteiger partial charge in [-0.15, -0.1) is 11.3 Å². The number of hydrogen-bond acceptors (Lipinski definition) is 5. The minimum absolute atomic E-state index is 0.0528. The van der Waals surface area contributed by atoms with Gasteiger partial charge >= 0.3 is 5.69 Å². The van der Waals surface area contributed by atoms with Crippen LogP contribution in [0.1, 0.15) is 26.4 Å². The quantitative estimate of drug-likeness (QED) is 0.556. The molecular weight excluding hydrogens is 340 g/mol. The standard InChI is InChI=1S/C17H16N4O3S/c1-11-3-12(2)5-14(4-11)19-17(22)16-6-13(10-25-16)8-20-9-15(7-18-20)21(23)24/h3-7,9-10H,8H2,1-2H3,(H,19,22). The Morgan fingerprint density at radius 1 is 1.28 bits per heavy atom. The van der Waals surface area contributed by atoms with E-state index in [4.69, 9.17) is 0 Å². The molecule has 0 unspecified atom stereocenters. The van der Waals surface area contributed by atoms with Crippen molar-refractivity contribution in [2.24, 2.45) is 0 Å². The maximum absolute atomic E-state index is 12.4. The van der Waals surface area contributed by atoms with Crippen LogP contribution in [0.25, 0.3) is 0 Å². The number of aryl methyl sites for hydroxylation is 2. The lowest BCUT2D eigenvalue weighted by Gasteiger charge is -2.06. The maximum atomic E-state index is 12.4. The highest BCUT2D eigenvalue weighted by Crippen LogP contribution is 2.20. The Kier molecular flexibility index (Phi) is 4.62. The number of amides is 1. The van der Waals surface area contributed by atoms with Crippen molar-refractivity contribution in [2.45, 2.75) is 20.4 Å². The van der Waals surface area contributed by atoms with Gasteiger partial charge in [-0.3, -0.25) is 19.6 Å². The first-order valence-electron chi connectivity index (χ1n) is 7.54. The van der Waals surface area contributed by atoms with E-state index in [-0.39, 0.29) is 11.6 Å². The molecule has 0 aliphatic heterocycles. The second-order valence-corrected chi connectivity index (χ2v) is 6.71. The highest BCUT2D eigenvalue weighted by Gasteiger charge is 2.12. The van der Waals surface area contributed by atoms with Crippen LogP contribution in [0.3, 0.4) is 0 Å². The van der Waals surface area contributed by atoms with Crippen molar-refractivity contribution < 1.29 is 9.72 Å². The van der Waals surface area contributed by atoms with Gasteiger partial charge in [0.05, 0.1) is 16.3 Å². The van der Waals surface area contributed by atoms with Gasteiger partial charge < -0.3 is 5.32 Å². The molecule has 1 amide bonds. The molecule has 3 rings (SSSR count). The summed E-state index contributed by atoms with van der Waals surface area (Å²) in [6.45, 7) is 4.34. The first-order valence-corrected chi connectivity index (χ1v) is 8.42. The molecule has 3 aromatic rings. The molecule has 0 bridgehead atoms. The molecule has 0 aliphatic carbocycles. The molecule has 2 heterocycles. The predicted octanol–water partition coefficient (Wildman–Crippen LogP) is 3.77. The summed E-state index contributed by atoms with van der Waals surface area (Å²) in [5, 5.41) is 19.4. The van der Waals surface area contributed by atoms with Crippen molar-refractivity contribution >= 4 is 28.6 Å². The van der Waals surface area contributed by atoms with Crippen molar-refractivity contribution in [3.63, 3.8) is 0 Å². The lowest BCUT2D eigenvalue weighted by Crippen LogP contribution is -2.10. The number of nitrogens with zero attached hydrogens (tertiary/aromatic N) is 3. The first-order chi connectivity index (χ1) is 11.9. The monoisotopic (exact) mass is 356 g/mol. The number of thiophene rings is 1. The fraction of sp³-hybridized carbons (Fsp3) is 0.176. The molecule has 0 spiro atoms. The van der Waals surface area contributed by atoms with Crippen LogP contribution in [0.15, 0.2) is 42.0 Å². The van der Waals surface area contributed by atoms with Gasteiger partial charge in [0.2, 0.25) is 0 Å². The molecule has 128 valence electrons. The Morgan fingerprint density at radius 3 is 2.64 bits per heavy atom. The Balaban J connectivity index is 1.69. The molecule has 0 fully saturated rings. The van der Waals surface area contributed by atoms with Crippen molar-refractivity contribution in [1.82, 2.24) is 9.78 Å². The Bertz CT molecular complexity index is 925. The summed E-state index contributed by atoms with van der Waals surface area (Å²) in [5.74, 6) is -0.173. The van der Waals surface area contributed by atoms with Crippen molar-refractivity contribution in [3.8, 4) is 0 Å². The lowest BCUT2D eigenvalue weighted by molar-refractivity contribution is -0.385. The second kappa shape index (κ2) is 6.86. The van der Waals surface area contributed by atoms with Crippen LogP contribution in [-0.4, -0.2) is 20.6 Å². The molecule has 25 heavy (non-hydrogen) atoms. The van der Waals surface area contributed by atoms with Gasteiger partial charge in [0, 0.05) is 5.69 Å². The highest BCUT2D eigenvalue weighted by atomic mass is 32.1. The van der Waals surface area contributed by atoms with Crippen molar-refractivity contribution in [3.05, 3.63) is 73.7 Å². The zero-order chi connectivity index (χ0) is 18.0. The molecule has 0 saturated carbocycles. The van der Waals surface area contributed by atoms with E-state index in [9.17, 15) is 14.9 Å². The molecule has 8 heteroatoms. The number of anilines is 1. The number of nitro groups is 1. The minimum Gasteiger partial charge on any atom is -0.321 e. The molecule has 0 radical (unpaired) electrons. The largest absolute Gasteiger partial charge is 0.321 e. The van der Waals surface area contributed by atoms with Gasteiger partial charge in [0.1, 0.15) is 12.4 Å². The number of nitrogens with one attached hydrogen (secondary N) is 1. The summed E-state index contributed by atoms with van der Waals surface area (Å²) in [6.07, 6.45) is 2.58. The van der Waals surface area contributed by atoms with Gasteiger partial charge in [0.15, 0.2) is 0 Å². The third-order valence-electron chi connectivity index (χ3n) is 3.53. The van der Waals surface area contributed by atoms with E-state index in [2.05, 4.69) is 10.4 Å². The molecule has 0 atom stereocenters. The number of hydrogen-bond donors (Lipinski definition) is 1. The van der Waals surface area contributed by atoms with Gasteiger partial charge in [-0.2, -0.15) is 5.10 Å². The molecule has 0 aliphatic rings. The summed E-state index contributed by atoms with van der Waals surface area (Å²) in [6, 6.07) is 7.66. The minimum atomic E-state index is -0.486. The molecule has 2 aromatic heterocycles. The van der Waals surface area contributed by atoms with Crippen molar-refractivity contribution in [1.29, 1.82) is 0 Å². The first kappa shape index (κ1) is 16.8. The normalized spacial score (nSPS) is 10.6. The topological polar surface area (TPSA) is 90.1 Å². The number of rotatable bonds is 5. The van der Waals surface area contributed by atoms with Crippen LogP contribution < -0.4 is 5.32 Å². The average Bonchev–Trinajstić information content (AvgIpc) is 3.16. The van der Waals surface area contributed by atoms with Crippen LogP contribution in [0.5, 0.6) is 0 Å². The van der Waals surface area contributed by atoms with E-state index in [1.165, 1.54) is 28.4 Å². The van der Waals surface area contributed by atoms with E-state index < -0.39 is 4.92 Å². The Hall–Kier alpha value is -3.00. The van der Waals surface area contributed by atoms with Crippen LogP contribution in [0.2, 0.25) is 0 Å². The fourth-order valence-corrected chi connectivity index (χ4v) is 3.34. The summed E-state index contributed by atoms with van der Waals surface area (Å²) < 4.78 is 1.48. The van der Waals surface area contributed by atoms with Crippen LogP contribution >= 0.6 is 11.3 Å². The third kappa shape index (κ3) is 4.10. The zero-order valence-electron chi connectivity index (χ0n) is 13.7. The van der Waals surface area contributed by atoms with Crippen molar-refractivity contribution in [2.75, 3.05) is 5.32 Å². The van der Waals surface area contributed by atoms with Gasteiger partial charge in [-0.25, -0.2) is 0 Å². The van der Waals surface area contributed by atoms with Gasteiger partial charge in [-0.05, 0) is 54.1 Å². The third-order valence-corrected chi connectivity index (χ3v) is 4.51. The van der Waals surface area contributed by atoms with E-state index in [1.54, 1.807) is 6.07 Å². The second-order valence-electron chi connectivity index (χ2n) is 5.80. The van der Waals surface area contributed by atoms with Gasteiger partial charge in [-0.1, -0.05) is 6.07 Å². The fourth-order valence-electron chi connectivity index (χ4n) is 2.54. The highest BCUT2D eigenvalue weighted by molar-refractivity contribution is 7.12. The van der Waals surface area contributed by atoms with Crippen LogP contribution in [-0.2, 0) is 6.54 Å². The van der Waals surface area contributed by atoms with Crippen LogP contribution in [0, 0.1) is 24.0 Å². The summed E-state index contributed by atoms with van der Waals surface area (Å²) in [7, 11) is 0. The maximum Gasteiger partial charge on any atom is 0.307 e.